The van der Waals surface area contributed by atoms with Gasteiger partial charge in [-0.2, -0.15) is 0 Å². The summed E-state index contributed by atoms with van der Waals surface area (Å²) in [5.74, 6) is -0.565. The van der Waals surface area contributed by atoms with E-state index in [2.05, 4.69) is 50.4 Å². The number of aliphatic hydroxyl groups excluding tert-OH is 2. The van der Waals surface area contributed by atoms with Gasteiger partial charge in [0.1, 0.15) is 6.10 Å². The Kier molecular flexibility index (Phi) is 45.7. The highest BCUT2D eigenvalue weighted by Gasteiger charge is 2.24. The molecule has 0 aliphatic heterocycles. The van der Waals surface area contributed by atoms with Gasteiger partial charge in [-0.05, 0) is 57.8 Å². The van der Waals surface area contributed by atoms with E-state index >= 15 is 0 Å². The molecule has 3 N–H and O–H groups in total. The molecule has 6 heteroatoms. The van der Waals surface area contributed by atoms with Crippen molar-refractivity contribution in [2.45, 2.75) is 244 Å². The number of carbonyl (C=O) groups excluding carboxylic acids is 2. The van der Waals surface area contributed by atoms with Crippen LogP contribution in [0.1, 0.15) is 226 Å². The second kappa shape index (κ2) is 48.1. The van der Waals surface area contributed by atoms with Crippen LogP contribution in [0.4, 0.5) is 0 Å². The van der Waals surface area contributed by atoms with Crippen molar-refractivity contribution in [2.24, 2.45) is 0 Å². The van der Waals surface area contributed by atoms with E-state index in [9.17, 15) is 19.8 Å². The number of esters is 1. The lowest BCUT2D eigenvalue weighted by Gasteiger charge is -2.24. The molecule has 6 nitrogen and oxygen atoms in total. The molecular formula is C55H95NO5. The smallest absolute Gasteiger partial charge is 0.306 e. The van der Waals surface area contributed by atoms with Crippen molar-refractivity contribution in [1.29, 1.82) is 0 Å². The van der Waals surface area contributed by atoms with Crippen molar-refractivity contribution < 1.29 is 24.5 Å². The second-order valence-electron chi connectivity index (χ2n) is 17.0. The van der Waals surface area contributed by atoms with Crippen molar-refractivity contribution in [3.05, 3.63) is 85.1 Å². The van der Waals surface area contributed by atoms with Crippen LogP contribution in [0.5, 0.6) is 0 Å². The lowest BCUT2D eigenvalue weighted by atomic mass is 10.0. The van der Waals surface area contributed by atoms with Crippen LogP contribution in [-0.4, -0.2) is 46.9 Å². The number of aliphatic hydroxyl groups is 2. The first-order valence-corrected chi connectivity index (χ1v) is 25.4. The minimum Gasteiger partial charge on any atom is -0.462 e. The van der Waals surface area contributed by atoms with Crippen LogP contribution >= 0.6 is 0 Å². The molecule has 0 saturated carbocycles. The van der Waals surface area contributed by atoms with Crippen LogP contribution in [0.25, 0.3) is 0 Å². The van der Waals surface area contributed by atoms with Crippen LogP contribution in [0.2, 0.25) is 0 Å². The first-order valence-electron chi connectivity index (χ1n) is 25.4. The molecule has 0 bridgehead atoms. The normalized spacial score (nSPS) is 14.0. The molecular weight excluding hydrogens is 755 g/mol. The SMILES string of the molecule is CC\C=C/C=C/C=C/C=C\C=C\C=C\CCCC(CC(=O)NC(CO)C(O)CCCCCCCCCCCCCCCCCC)OC(=O)CCCCCCC/C=C\CCCC. The Balaban J connectivity index is 4.69. The second-order valence-corrected chi connectivity index (χ2v) is 17.0. The maximum absolute atomic E-state index is 13.2. The summed E-state index contributed by atoms with van der Waals surface area (Å²) in [5.41, 5.74) is 0. The molecule has 1 amide bonds. The van der Waals surface area contributed by atoms with Gasteiger partial charge in [0.2, 0.25) is 5.91 Å². The molecule has 350 valence electrons. The number of unbranched alkanes of at least 4 members (excludes halogenated alkanes) is 23. The Morgan fingerprint density at radius 2 is 0.934 bits per heavy atom. The standard InChI is InChI=1S/C55H95NO5/c1-4-7-10-13-16-19-22-24-26-28-30-33-35-38-41-44-47-53(58)52(50-57)56-54(59)49-51(61-55(60)48-45-42-39-36-31-21-18-15-12-9-6-3)46-43-40-37-34-32-29-27-25-23-20-17-14-11-8-5-2/h8,11,14-15,17-18,20,23,25,27,29,32,34,37,51-53,57-58H,4-7,9-10,12-13,16,19,21-22,24,26,28,30-31,33,35-36,38-50H2,1-3H3,(H,56,59)/b11-8-,17-14+,18-15-,23-20+,27-25-,32-29+,37-34+. The zero-order valence-corrected chi connectivity index (χ0v) is 39.8. The summed E-state index contributed by atoms with van der Waals surface area (Å²) in [6, 6.07) is -0.731. The number of nitrogens with one attached hydrogen (secondary N) is 1. The van der Waals surface area contributed by atoms with E-state index in [-0.39, 0.29) is 24.9 Å². The molecule has 0 aromatic carbocycles. The molecule has 0 aliphatic rings. The molecule has 0 spiro atoms. The average Bonchev–Trinajstić information content (AvgIpc) is 3.25. The lowest BCUT2D eigenvalue weighted by molar-refractivity contribution is -0.151. The van der Waals surface area contributed by atoms with Gasteiger partial charge in [-0.1, -0.05) is 241 Å². The van der Waals surface area contributed by atoms with Crippen molar-refractivity contribution in [1.82, 2.24) is 5.32 Å². The summed E-state index contributed by atoms with van der Waals surface area (Å²) in [6.45, 7) is 6.27. The third-order valence-corrected chi connectivity index (χ3v) is 11.1. The molecule has 0 rings (SSSR count). The lowest BCUT2D eigenvalue weighted by Crippen LogP contribution is -2.46. The molecule has 3 unspecified atom stereocenters. The predicted octanol–water partition coefficient (Wildman–Crippen LogP) is 15.2. The molecule has 0 heterocycles. The van der Waals surface area contributed by atoms with Gasteiger partial charge in [0.15, 0.2) is 0 Å². The molecule has 3 atom stereocenters. The van der Waals surface area contributed by atoms with Crippen LogP contribution in [0, 0.1) is 0 Å². The van der Waals surface area contributed by atoms with E-state index in [4.69, 9.17) is 4.74 Å². The summed E-state index contributed by atoms with van der Waals surface area (Å²) in [7, 11) is 0. The van der Waals surface area contributed by atoms with Gasteiger partial charge in [-0.25, -0.2) is 0 Å². The molecule has 0 saturated heterocycles. The molecule has 61 heavy (non-hydrogen) atoms. The number of hydrogen-bond donors (Lipinski definition) is 3. The summed E-state index contributed by atoms with van der Waals surface area (Å²) < 4.78 is 5.88. The fourth-order valence-corrected chi connectivity index (χ4v) is 7.27. The number of carbonyl (C=O) groups is 2. The van der Waals surface area contributed by atoms with E-state index in [1.807, 2.05) is 60.8 Å². The first-order chi connectivity index (χ1) is 30.0. The van der Waals surface area contributed by atoms with E-state index < -0.39 is 18.2 Å². The van der Waals surface area contributed by atoms with Crippen molar-refractivity contribution in [3.8, 4) is 0 Å². The van der Waals surface area contributed by atoms with Gasteiger partial charge in [0, 0.05) is 6.42 Å². The largest absolute Gasteiger partial charge is 0.462 e. The molecule has 0 aromatic heterocycles. The highest BCUT2D eigenvalue weighted by Crippen LogP contribution is 2.17. The molecule has 0 aliphatic carbocycles. The number of hydrogen-bond acceptors (Lipinski definition) is 5. The molecule has 0 fully saturated rings. The predicted molar refractivity (Wildman–Crippen MR) is 264 cm³/mol. The van der Waals surface area contributed by atoms with Crippen LogP contribution < -0.4 is 5.32 Å². The highest BCUT2D eigenvalue weighted by molar-refractivity contribution is 5.77. The number of allylic oxidation sites excluding steroid dienone is 14. The van der Waals surface area contributed by atoms with Gasteiger partial charge in [0.05, 0.1) is 25.2 Å². The summed E-state index contributed by atoms with van der Waals surface area (Å²) in [6.07, 6.45) is 62.2. The number of amides is 1. The maximum Gasteiger partial charge on any atom is 0.306 e. The average molecular weight is 850 g/mol. The Hall–Kier alpha value is -2.96. The van der Waals surface area contributed by atoms with Crippen molar-refractivity contribution in [3.63, 3.8) is 0 Å². The van der Waals surface area contributed by atoms with Gasteiger partial charge in [-0.3, -0.25) is 9.59 Å². The van der Waals surface area contributed by atoms with Gasteiger partial charge >= 0.3 is 5.97 Å². The highest BCUT2D eigenvalue weighted by atomic mass is 16.5. The monoisotopic (exact) mass is 850 g/mol. The van der Waals surface area contributed by atoms with E-state index in [1.165, 1.54) is 109 Å². The van der Waals surface area contributed by atoms with E-state index in [0.29, 0.717) is 19.3 Å². The maximum atomic E-state index is 13.2. The van der Waals surface area contributed by atoms with Crippen LogP contribution in [0.3, 0.4) is 0 Å². The summed E-state index contributed by atoms with van der Waals surface area (Å²) >= 11 is 0. The van der Waals surface area contributed by atoms with E-state index in [0.717, 1.165) is 70.6 Å². The number of ether oxygens (including phenoxy) is 1. The van der Waals surface area contributed by atoms with Gasteiger partial charge in [-0.15, -0.1) is 0 Å². The Labute approximate surface area is 376 Å². The van der Waals surface area contributed by atoms with Crippen LogP contribution in [-0.2, 0) is 14.3 Å². The van der Waals surface area contributed by atoms with E-state index in [1.54, 1.807) is 0 Å². The number of rotatable bonds is 44. The Morgan fingerprint density at radius 1 is 0.492 bits per heavy atom. The summed E-state index contributed by atoms with van der Waals surface area (Å²) in [4.78, 5) is 26.1. The topological polar surface area (TPSA) is 95.9 Å². The Morgan fingerprint density at radius 3 is 1.46 bits per heavy atom. The molecule has 0 radical (unpaired) electrons. The Bertz CT molecular complexity index is 1180. The fourth-order valence-electron chi connectivity index (χ4n) is 7.27. The summed E-state index contributed by atoms with van der Waals surface area (Å²) in [5, 5.41) is 23.7. The minimum absolute atomic E-state index is 0.0196. The van der Waals surface area contributed by atoms with Gasteiger partial charge in [0.25, 0.3) is 0 Å². The quantitative estimate of drug-likeness (QED) is 0.0246. The van der Waals surface area contributed by atoms with Crippen molar-refractivity contribution in [2.75, 3.05) is 6.61 Å². The third-order valence-electron chi connectivity index (χ3n) is 11.1. The van der Waals surface area contributed by atoms with Crippen LogP contribution in [0.15, 0.2) is 85.1 Å². The minimum atomic E-state index is -0.812. The van der Waals surface area contributed by atoms with Gasteiger partial charge < -0.3 is 20.3 Å². The zero-order chi connectivity index (χ0) is 44.5. The first kappa shape index (κ1) is 58.0. The molecule has 0 aromatic rings. The van der Waals surface area contributed by atoms with Crippen molar-refractivity contribution >= 4 is 11.9 Å². The third kappa shape index (κ3) is 43.5. The fraction of sp³-hybridized carbons (Fsp3) is 0.709. The zero-order valence-electron chi connectivity index (χ0n) is 39.8.